The number of ether oxygens (including phenoxy) is 2. The highest BCUT2D eigenvalue weighted by Crippen LogP contribution is 2.34. The molecule has 0 unspecified atom stereocenters. The fourth-order valence-corrected chi connectivity index (χ4v) is 4.70. The second-order valence-electron chi connectivity index (χ2n) is 5.94. The van der Waals surface area contributed by atoms with Crippen molar-refractivity contribution in [3.63, 3.8) is 0 Å². The van der Waals surface area contributed by atoms with Gasteiger partial charge in [-0.15, -0.1) is 0 Å². The van der Waals surface area contributed by atoms with E-state index in [1.165, 1.54) is 12.1 Å². The van der Waals surface area contributed by atoms with Gasteiger partial charge in [0.15, 0.2) is 0 Å². The van der Waals surface area contributed by atoms with E-state index < -0.39 is 32.7 Å². The summed E-state index contributed by atoms with van der Waals surface area (Å²) in [5.41, 5.74) is -1.16. The van der Waals surface area contributed by atoms with Crippen molar-refractivity contribution in [2.75, 3.05) is 13.2 Å². The average Bonchev–Trinajstić information content (AvgIpc) is 2.53. The third kappa shape index (κ3) is 3.74. The number of sulfonamides is 1. The van der Waals surface area contributed by atoms with Gasteiger partial charge < -0.3 is 9.47 Å². The summed E-state index contributed by atoms with van der Waals surface area (Å²) in [5.74, 6) is 0. The number of fused-ring (bicyclic) bond motifs is 1. The van der Waals surface area contributed by atoms with Gasteiger partial charge in [-0.1, -0.05) is 12.1 Å². The molecule has 134 valence electrons. The Bertz CT molecular complexity index is 692. The van der Waals surface area contributed by atoms with E-state index in [9.17, 15) is 21.6 Å². The largest absolute Gasteiger partial charge is 0.417 e. The van der Waals surface area contributed by atoms with E-state index in [0.717, 1.165) is 12.1 Å². The minimum atomic E-state index is -4.73. The van der Waals surface area contributed by atoms with Crippen LogP contribution in [0.5, 0.6) is 0 Å². The summed E-state index contributed by atoms with van der Waals surface area (Å²) in [6.45, 7) is 0.952. The van der Waals surface area contributed by atoms with Crippen LogP contribution in [0.3, 0.4) is 0 Å². The van der Waals surface area contributed by atoms with Crippen LogP contribution in [0, 0.1) is 0 Å². The van der Waals surface area contributed by atoms with E-state index in [4.69, 9.17) is 9.47 Å². The maximum absolute atomic E-state index is 13.0. The van der Waals surface area contributed by atoms with Crippen LogP contribution in [0.15, 0.2) is 29.2 Å². The second-order valence-corrected chi connectivity index (χ2v) is 7.63. The van der Waals surface area contributed by atoms with Crippen LogP contribution in [-0.2, 0) is 25.7 Å². The van der Waals surface area contributed by atoms with Crippen molar-refractivity contribution in [2.45, 2.75) is 48.6 Å². The summed E-state index contributed by atoms with van der Waals surface area (Å²) in [6, 6.07) is 3.71. The Morgan fingerprint density at radius 3 is 2.42 bits per heavy atom. The highest BCUT2D eigenvalue weighted by molar-refractivity contribution is 7.89. The first kappa shape index (κ1) is 17.7. The number of benzene rings is 1. The van der Waals surface area contributed by atoms with Gasteiger partial charge in [-0.3, -0.25) is 0 Å². The smallest absolute Gasteiger partial charge is 0.373 e. The number of hydrogen-bond donors (Lipinski definition) is 1. The lowest BCUT2D eigenvalue weighted by atomic mass is 9.90. The van der Waals surface area contributed by atoms with Crippen molar-refractivity contribution in [3.8, 4) is 0 Å². The molecule has 0 amide bonds. The Hall–Kier alpha value is -1.16. The zero-order valence-electron chi connectivity index (χ0n) is 12.8. The number of hydrogen-bond acceptors (Lipinski definition) is 4. The van der Waals surface area contributed by atoms with E-state index >= 15 is 0 Å². The van der Waals surface area contributed by atoms with E-state index in [0.29, 0.717) is 32.5 Å². The van der Waals surface area contributed by atoms with Crippen LogP contribution >= 0.6 is 0 Å². The van der Waals surface area contributed by atoms with Gasteiger partial charge in [-0.2, -0.15) is 13.2 Å². The summed E-state index contributed by atoms with van der Waals surface area (Å²) in [4.78, 5) is -0.750. The lowest BCUT2D eigenvalue weighted by Gasteiger charge is -2.38. The first-order valence-electron chi connectivity index (χ1n) is 7.69. The molecule has 3 rings (SSSR count). The number of rotatable bonds is 3. The summed E-state index contributed by atoms with van der Waals surface area (Å²) < 4.78 is 77.6. The third-order valence-electron chi connectivity index (χ3n) is 4.28. The van der Waals surface area contributed by atoms with Crippen molar-refractivity contribution >= 4 is 10.0 Å². The topological polar surface area (TPSA) is 64.6 Å². The fraction of sp³-hybridized carbons (Fsp3) is 0.600. The van der Waals surface area contributed by atoms with Gasteiger partial charge in [0.25, 0.3) is 0 Å². The standard InChI is InChI=1S/C15H18F3NO4S/c16-15(17,18)11-3-1-2-4-14(11)24(20,21)19-10-5-6-12-13(9-10)23-8-7-22-12/h1-4,10,12-13,19H,5-9H2/t10-,12-,13+/m1/s1. The van der Waals surface area contributed by atoms with Crippen LogP contribution in [-0.4, -0.2) is 39.9 Å². The summed E-state index contributed by atoms with van der Waals surface area (Å²) in [5, 5.41) is 0. The molecule has 2 aliphatic rings. The Morgan fingerprint density at radius 1 is 1.04 bits per heavy atom. The van der Waals surface area contributed by atoms with Crippen molar-refractivity contribution in [3.05, 3.63) is 29.8 Å². The first-order chi connectivity index (χ1) is 11.3. The SMILES string of the molecule is O=S(=O)(N[C@@H]1CC[C@H]2OCCO[C@H]2C1)c1ccccc1C(F)(F)F. The van der Waals surface area contributed by atoms with E-state index in [1.54, 1.807) is 0 Å². The van der Waals surface area contributed by atoms with E-state index in [-0.39, 0.29) is 12.2 Å². The van der Waals surface area contributed by atoms with Crippen LogP contribution in [0.1, 0.15) is 24.8 Å². The molecule has 1 aromatic rings. The van der Waals surface area contributed by atoms with Gasteiger partial charge in [0, 0.05) is 6.04 Å². The molecule has 1 heterocycles. The van der Waals surface area contributed by atoms with Gasteiger partial charge in [0.1, 0.15) is 0 Å². The number of nitrogens with one attached hydrogen (secondary N) is 1. The monoisotopic (exact) mass is 365 g/mol. The molecule has 0 radical (unpaired) electrons. The zero-order chi connectivity index (χ0) is 17.4. The quantitative estimate of drug-likeness (QED) is 0.893. The zero-order valence-corrected chi connectivity index (χ0v) is 13.6. The Morgan fingerprint density at radius 2 is 1.71 bits per heavy atom. The molecule has 1 saturated carbocycles. The number of halogens is 3. The van der Waals surface area contributed by atoms with E-state index in [2.05, 4.69) is 4.72 Å². The number of alkyl halides is 3. The lowest BCUT2D eigenvalue weighted by molar-refractivity contribution is -0.156. The maximum Gasteiger partial charge on any atom is 0.417 e. The molecule has 1 saturated heterocycles. The lowest BCUT2D eigenvalue weighted by Crippen LogP contribution is -2.49. The van der Waals surface area contributed by atoms with Gasteiger partial charge >= 0.3 is 6.18 Å². The van der Waals surface area contributed by atoms with Crippen molar-refractivity contribution in [1.29, 1.82) is 0 Å². The van der Waals surface area contributed by atoms with Crippen molar-refractivity contribution in [1.82, 2.24) is 4.72 Å². The Kier molecular flexibility index (Phi) is 4.87. The molecule has 5 nitrogen and oxygen atoms in total. The summed E-state index contributed by atoms with van der Waals surface area (Å²) in [6.07, 6.45) is -3.53. The predicted molar refractivity (Wildman–Crippen MR) is 78.9 cm³/mol. The van der Waals surface area contributed by atoms with Gasteiger partial charge in [-0.05, 0) is 31.4 Å². The second kappa shape index (κ2) is 6.62. The highest BCUT2D eigenvalue weighted by Gasteiger charge is 2.39. The van der Waals surface area contributed by atoms with Crippen LogP contribution < -0.4 is 4.72 Å². The van der Waals surface area contributed by atoms with Crippen LogP contribution in [0.25, 0.3) is 0 Å². The van der Waals surface area contributed by atoms with Gasteiger partial charge in [0.2, 0.25) is 10.0 Å². The molecule has 1 N–H and O–H groups in total. The molecule has 0 bridgehead atoms. The summed E-state index contributed by atoms with van der Waals surface area (Å²) >= 11 is 0. The molecule has 1 aromatic carbocycles. The molecule has 0 aromatic heterocycles. The fourth-order valence-electron chi connectivity index (χ4n) is 3.19. The van der Waals surface area contributed by atoms with Gasteiger partial charge in [0.05, 0.1) is 35.9 Å². The first-order valence-corrected chi connectivity index (χ1v) is 9.17. The molecule has 1 aliphatic carbocycles. The third-order valence-corrected chi connectivity index (χ3v) is 5.86. The van der Waals surface area contributed by atoms with Crippen LogP contribution in [0.4, 0.5) is 13.2 Å². The molecule has 24 heavy (non-hydrogen) atoms. The minimum Gasteiger partial charge on any atom is -0.373 e. The van der Waals surface area contributed by atoms with E-state index in [1.807, 2.05) is 0 Å². The Labute approximate surface area is 138 Å². The molecular formula is C15H18F3NO4S. The molecule has 2 fully saturated rings. The van der Waals surface area contributed by atoms with Crippen LogP contribution in [0.2, 0.25) is 0 Å². The molecular weight excluding hydrogens is 347 g/mol. The normalized spacial score (nSPS) is 28.4. The average molecular weight is 365 g/mol. The molecule has 1 aliphatic heterocycles. The predicted octanol–water partition coefficient (Wildman–Crippen LogP) is 2.32. The van der Waals surface area contributed by atoms with Crippen molar-refractivity contribution < 1.29 is 31.1 Å². The maximum atomic E-state index is 13.0. The molecule has 9 heteroatoms. The minimum absolute atomic E-state index is 0.0676. The highest BCUT2D eigenvalue weighted by atomic mass is 32.2. The molecule has 0 spiro atoms. The Balaban J connectivity index is 1.78. The van der Waals surface area contributed by atoms with Crippen molar-refractivity contribution in [2.24, 2.45) is 0 Å². The summed E-state index contributed by atoms with van der Waals surface area (Å²) in [7, 11) is -4.28. The van der Waals surface area contributed by atoms with Gasteiger partial charge in [-0.25, -0.2) is 13.1 Å². The molecule has 3 atom stereocenters.